The highest BCUT2D eigenvalue weighted by atomic mass is 32.1. The van der Waals surface area contributed by atoms with Crippen LogP contribution in [0.15, 0.2) is 29.6 Å². The number of terminal acetylenes is 1. The third kappa shape index (κ3) is 14.1. The van der Waals surface area contributed by atoms with Crippen LogP contribution in [0.2, 0.25) is 0 Å². The number of likely N-dealkylation sites (tertiary alicyclic amines) is 1. The molecule has 6 atom stereocenters. The van der Waals surface area contributed by atoms with Gasteiger partial charge in [-0.25, -0.2) is 10.0 Å². The van der Waals surface area contributed by atoms with E-state index < -0.39 is 53.4 Å². The summed E-state index contributed by atoms with van der Waals surface area (Å²) in [5, 5.41) is 19.1. The Bertz CT molecular complexity index is 1720. The highest BCUT2D eigenvalue weighted by Crippen LogP contribution is 2.32. The summed E-state index contributed by atoms with van der Waals surface area (Å²) in [7, 11) is 1.92. The number of ether oxygens (including phenoxy) is 1. The second-order valence-corrected chi connectivity index (χ2v) is 17.3. The number of hydroxylamine groups is 2. The molecule has 1 aromatic heterocycles. The zero-order valence-corrected chi connectivity index (χ0v) is 36.2. The number of unbranched alkanes of at least 4 members (excludes halogenated alkanes) is 1. The molecule has 14 nitrogen and oxygen atoms in total. The number of hydrogen-bond donors (Lipinski definition) is 4. The average Bonchev–Trinajstić information content (AvgIpc) is 3.67. The molecule has 1 aromatic carbocycles. The van der Waals surface area contributed by atoms with Crippen molar-refractivity contribution in [3.8, 4) is 12.3 Å². The maximum atomic E-state index is 14.7. The highest BCUT2D eigenvalue weighted by Gasteiger charge is 2.40. The van der Waals surface area contributed by atoms with Crippen LogP contribution in [-0.4, -0.2) is 94.1 Å². The lowest BCUT2D eigenvalue weighted by molar-refractivity contribution is -0.213. The van der Waals surface area contributed by atoms with E-state index in [9.17, 15) is 29.1 Å². The number of nitrogen functional groups attached to an aromatic ring is 1. The monoisotopic (exact) mass is 824 g/mol. The van der Waals surface area contributed by atoms with Gasteiger partial charge in [-0.05, 0) is 89.1 Å². The maximum absolute atomic E-state index is 14.7. The van der Waals surface area contributed by atoms with Gasteiger partial charge in [-0.15, -0.1) is 23.7 Å². The summed E-state index contributed by atoms with van der Waals surface area (Å²) < 4.78 is 5.84. The van der Waals surface area contributed by atoms with Crippen LogP contribution >= 0.6 is 11.3 Å². The lowest BCUT2D eigenvalue weighted by Crippen LogP contribution is -2.58. The van der Waals surface area contributed by atoms with Gasteiger partial charge in [0.05, 0.1) is 24.1 Å². The number of nitrogens with one attached hydrogen (secondary N) is 2. The third-order valence-electron chi connectivity index (χ3n) is 10.8. The number of thiazole rings is 1. The molecule has 3 amide bonds. The summed E-state index contributed by atoms with van der Waals surface area (Å²) >= 11 is 1.13. The Morgan fingerprint density at radius 3 is 2.41 bits per heavy atom. The standard InChI is InChI=1S/C43H64N6O8S/c1-10-12-15-22-56-49(41(53)37(28(5)11-2)47-39(52)34-16-13-14-21-48(34)9)35(27(3)4)24-36(57-29(6)50)40-46-33(26-58-40)38(51)45-32(25-43(7,8)42(54)55)23-30-17-19-31(44)20-18-30/h1,17-20,26-28,32,34-37H,11-16,21-25,44H2,2-9H3,(H,45,51)(H,47,52)(H,54,55)/t28-,32-,34?,35+,36+,37-/m0/s1. The van der Waals surface area contributed by atoms with Gasteiger partial charge in [0.1, 0.15) is 16.7 Å². The predicted molar refractivity (Wildman–Crippen MR) is 224 cm³/mol. The molecule has 2 aromatic rings. The predicted octanol–water partition coefficient (Wildman–Crippen LogP) is 5.78. The number of carbonyl (C=O) groups is 5. The average molecular weight is 825 g/mol. The molecule has 1 fully saturated rings. The number of amides is 3. The minimum Gasteiger partial charge on any atom is -0.481 e. The normalized spacial score (nSPS) is 17.3. The topological polar surface area (TPSA) is 193 Å². The number of likely N-dealkylation sites (N-methyl/N-ethyl adjacent to an activating group) is 1. The SMILES string of the molecule is C#CCCCON(C(=O)[C@@H](NC(=O)C1CCCCN1C)[C@@H](C)CC)[C@H](C[C@@H](OC(C)=O)c1nc(C(=O)N[C@@H](Cc2ccc(N)cc2)CC(C)(C)C(=O)O)cs1)C(C)C. The number of hydrogen-bond acceptors (Lipinski definition) is 11. The summed E-state index contributed by atoms with van der Waals surface area (Å²) in [5.74, 6) is -0.576. The number of piperidine rings is 1. The molecule has 5 N–H and O–H groups in total. The second-order valence-electron chi connectivity index (χ2n) is 16.4. The van der Waals surface area contributed by atoms with E-state index in [1.165, 1.54) is 12.0 Å². The number of carbonyl (C=O) groups excluding carboxylic acids is 4. The Kier molecular flexibility index (Phi) is 18.6. The Hall–Kier alpha value is -4.52. The summed E-state index contributed by atoms with van der Waals surface area (Å²) in [6, 6.07) is 4.70. The number of nitrogens with two attached hydrogens (primary N) is 1. The van der Waals surface area contributed by atoms with E-state index in [4.69, 9.17) is 21.7 Å². The van der Waals surface area contributed by atoms with E-state index in [1.54, 1.807) is 31.4 Å². The molecule has 0 aliphatic carbocycles. The van der Waals surface area contributed by atoms with Crippen molar-refractivity contribution in [1.82, 2.24) is 25.6 Å². The fraction of sp³-hybridized carbons (Fsp3) is 0.628. The maximum Gasteiger partial charge on any atom is 0.309 e. The van der Waals surface area contributed by atoms with Crippen LogP contribution in [0.3, 0.4) is 0 Å². The summed E-state index contributed by atoms with van der Waals surface area (Å²) in [4.78, 5) is 79.6. The minimum atomic E-state index is -1.14. The number of carboxylic acids is 1. The number of aromatic nitrogens is 1. The van der Waals surface area contributed by atoms with Crippen LogP contribution < -0.4 is 16.4 Å². The van der Waals surface area contributed by atoms with Crippen molar-refractivity contribution in [3.63, 3.8) is 0 Å². The first-order valence-corrected chi connectivity index (χ1v) is 21.2. The molecule has 2 heterocycles. The van der Waals surface area contributed by atoms with E-state index in [-0.39, 0.29) is 48.9 Å². The molecule has 0 bridgehead atoms. The van der Waals surface area contributed by atoms with Crippen LogP contribution in [0.5, 0.6) is 0 Å². The van der Waals surface area contributed by atoms with Crippen LogP contribution in [0, 0.1) is 29.6 Å². The molecule has 0 saturated carbocycles. The van der Waals surface area contributed by atoms with Gasteiger partial charge in [0, 0.05) is 36.9 Å². The number of esters is 1. The first kappa shape index (κ1) is 47.9. The van der Waals surface area contributed by atoms with E-state index in [0.29, 0.717) is 42.8 Å². The largest absolute Gasteiger partial charge is 0.481 e. The number of anilines is 1. The van der Waals surface area contributed by atoms with Crippen molar-refractivity contribution in [3.05, 3.63) is 45.9 Å². The highest BCUT2D eigenvalue weighted by molar-refractivity contribution is 7.09. The first-order valence-electron chi connectivity index (χ1n) is 20.3. The molecule has 58 heavy (non-hydrogen) atoms. The van der Waals surface area contributed by atoms with Crippen molar-refractivity contribution in [2.45, 2.75) is 137 Å². The van der Waals surface area contributed by atoms with Gasteiger partial charge in [0.2, 0.25) is 5.91 Å². The first-order chi connectivity index (χ1) is 27.4. The molecule has 1 aliphatic heterocycles. The van der Waals surface area contributed by atoms with Gasteiger partial charge in [-0.3, -0.25) is 33.7 Å². The number of carboxylic acid groups (broad SMARTS) is 1. The second kappa shape index (κ2) is 22.6. The Balaban J connectivity index is 1.94. The van der Waals surface area contributed by atoms with E-state index in [1.807, 2.05) is 51.8 Å². The van der Waals surface area contributed by atoms with Gasteiger partial charge < -0.3 is 26.2 Å². The zero-order chi connectivity index (χ0) is 43.2. The number of nitrogens with zero attached hydrogens (tertiary/aromatic N) is 3. The minimum absolute atomic E-state index is 0.0689. The fourth-order valence-electron chi connectivity index (χ4n) is 7.01. The molecule has 320 valence electrons. The fourth-order valence-corrected chi connectivity index (χ4v) is 7.85. The van der Waals surface area contributed by atoms with Crippen molar-refractivity contribution < 1.29 is 38.7 Å². The summed E-state index contributed by atoms with van der Waals surface area (Å²) in [6.07, 6.45) is 9.28. The van der Waals surface area contributed by atoms with E-state index in [0.717, 1.165) is 36.3 Å². The van der Waals surface area contributed by atoms with Gasteiger partial charge in [0.25, 0.3) is 11.8 Å². The van der Waals surface area contributed by atoms with Crippen molar-refractivity contribution in [1.29, 1.82) is 0 Å². The molecular formula is C43H64N6O8S. The van der Waals surface area contributed by atoms with E-state index >= 15 is 0 Å². The van der Waals surface area contributed by atoms with Gasteiger partial charge >= 0.3 is 11.9 Å². The lowest BCUT2D eigenvalue weighted by Gasteiger charge is -2.39. The van der Waals surface area contributed by atoms with Crippen molar-refractivity contribution >= 4 is 46.7 Å². The number of aliphatic carboxylic acids is 1. The van der Waals surface area contributed by atoms with Gasteiger partial charge in [-0.2, -0.15) is 0 Å². The van der Waals surface area contributed by atoms with E-state index in [2.05, 4.69) is 21.5 Å². The molecule has 0 spiro atoms. The summed E-state index contributed by atoms with van der Waals surface area (Å²) in [6.45, 7) is 13.2. The van der Waals surface area contributed by atoms with Crippen LogP contribution in [0.4, 0.5) is 5.69 Å². The molecular weight excluding hydrogens is 761 g/mol. The Morgan fingerprint density at radius 2 is 1.83 bits per heavy atom. The molecule has 1 unspecified atom stereocenters. The Morgan fingerprint density at radius 1 is 1.14 bits per heavy atom. The lowest BCUT2D eigenvalue weighted by atomic mass is 9.84. The number of benzene rings is 1. The quantitative estimate of drug-likeness (QED) is 0.0370. The third-order valence-corrected chi connectivity index (χ3v) is 11.7. The Labute approximate surface area is 347 Å². The molecule has 1 saturated heterocycles. The van der Waals surface area contributed by atoms with Crippen LogP contribution in [0.1, 0.15) is 127 Å². The van der Waals surface area contributed by atoms with Crippen molar-refractivity contribution in [2.24, 2.45) is 17.3 Å². The smallest absolute Gasteiger partial charge is 0.309 e. The molecule has 3 rings (SSSR count). The molecule has 15 heteroatoms. The van der Waals surface area contributed by atoms with Gasteiger partial charge in [0.15, 0.2) is 6.10 Å². The summed E-state index contributed by atoms with van der Waals surface area (Å²) in [5.41, 5.74) is 6.25. The van der Waals surface area contributed by atoms with Crippen LogP contribution in [-0.2, 0) is 35.2 Å². The van der Waals surface area contributed by atoms with Crippen molar-refractivity contribution in [2.75, 3.05) is 25.9 Å². The zero-order valence-electron chi connectivity index (χ0n) is 35.4. The van der Waals surface area contributed by atoms with Gasteiger partial charge in [-0.1, -0.05) is 52.7 Å². The number of rotatable bonds is 22. The molecule has 0 radical (unpaired) electrons. The van der Waals surface area contributed by atoms with Crippen LogP contribution in [0.25, 0.3) is 0 Å². The molecule has 1 aliphatic rings.